The fourth-order valence-electron chi connectivity index (χ4n) is 1.87. The molecule has 1 rings (SSSR count). The van der Waals surface area contributed by atoms with Gasteiger partial charge in [0.05, 0.1) is 5.01 Å². The zero-order chi connectivity index (χ0) is 12.9. The van der Waals surface area contributed by atoms with Gasteiger partial charge in [0.1, 0.15) is 0 Å². The second kappa shape index (κ2) is 6.47. The van der Waals surface area contributed by atoms with E-state index >= 15 is 0 Å². The minimum absolute atomic E-state index is 0.297. The second-order valence-electron chi connectivity index (χ2n) is 5.84. The van der Waals surface area contributed by atoms with E-state index in [1.165, 1.54) is 4.88 Å². The van der Waals surface area contributed by atoms with Gasteiger partial charge in [0.2, 0.25) is 0 Å². The minimum atomic E-state index is 0.297. The van der Waals surface area contributed by atoms with Crippen molar-refractivity contribution in [3.05, 3.63) is 16.1 Å². The van der Waals surface area contributed by atoms with E-state index in [1.807, 2.05) is 13.1 Å². The molecule has 1 atom stereocenters. The summed E-state index contributed by atoms with van der Waals surface area (Å²) in [6, 6.07) is 0.297. The van der Waals surface area contributed by atoms with Crippen molar-refractivity contribution in [1.29, 1.82) is 0 Å². The Morgan fingerprint density at radius 1 is 1.47 bits per heavy atom. The predicted molar refractivity (Wildman–Crippen MR) is 75.2 cm³/mol. The fraction of sp³-hybridized carbons (Fsp3) is 0.769. The zero-order valence-corrected chi connectivity index (χ0v) is 12.2. The minimum Gasteiger partial charge on any atom is -0.328 e. The molecule has 98 valence electrons. The Morgan fingerprint density at radius 3 is 2.71 bits per heavy atom. The number of aromatic nitrogens is 1. The molecule has 3 N–H and O–H groups in total. The van der Waals surface area contributed by atoms with Gasteiger partial charge in [-0.3, -0.25) is 0 Å². The van der Waals surface area contributed by atoms with Crippen LogP contribution < -0.4 is 11.1 Å². The normalized spacial score (nSPS) is 13.9. The first-order valence-electron chi connectivity index (χ1n) is 6.24. The first-order chi connectivity index (χ1) is 7.87. The van der Waals surface area contributed by atoms with Gasteiger partial charge in [-0.1, -0.05) is 20.8 Å². The molecule has 0 spiro atoms. The van der Waals surface area contributed by atoms with E-state index in [0.717, 1.165) is 30.9 Å². The van der Waals surface area contributed by atoms with E-state index in [-0.39, 0.29) is 0 Å². The lowest BCUT2D eigenvalue weighted by molar-refractivity contribution is 0.329. The fourth-order valence-corrected chi connectivity index (χ4v) is 2.64. The van der Waals surface area contributed by atoms with Crippen LogP contribution in [0.25, 0.3) is 0 Å². The highest BCUT2D eigenvalue weighted by Crippen LogP contribution is 2.20. The van der Waals surface area contributed by atoms with Crippen molar-refractivity contribution in [3.63, 3.8) is 0 Å². The topological polar surface area (TPSA) is 50.9 Å². The number of rotatable bonds is 6. The summed E-state index contributed by atoms with van der Waals surface area (Å²) in [6.45, 7) is 10.6. The van der Waals surface area contributed by atoms with Gasteiger partial charge < -0.3 is 11.1 Å². The SMILES string of the molecule is Cc1ncc(CNCCC(N)CC(C)(C)C)s1. The molecule has 3 nitrogen and oxygen atoms in total. The van der Waals surface area contributed by atoms with Crippen LogP contribution in [-0.2, 0) is 6.54 Å². The molecule has 0 saturated carbocycles. The zero-order valence-electron chi connectivity index (χ0n) is 11.4. The molecule has 0 amide bonds. The summed E-state index contributed by atoms with van der Waals surface area (Å²) in [5.74, 6) is 0. The molecule has 4 heteroatoms. The second-order valence-corrected chi connectivity index (χ2v) is 7.16. The Bertz CT molecular complexity index is 328. The highest BCUT2D eigenvalue weighted by molar-refractivity contribution is 7.11. The molecule has 0 aliphatic carbocycles. The van der Waals surface area contributed by atoms with Gasteiger partial charge in [-0.25, -0.2) is 4.98 Å². The maximum Gasteiger partial charge on any atom is 0.0897 e. The van der Waals surface area contributed by atoms with Gasteiger partial charge in [-0.05, 0) is 31.7 Å². The van der Waals surface area contributed by atoms with Crippen molar-refractivity contribution >= 4 is 11.3 Å². The molecule has 0 aromatic carbocycles. The Balaban J connectivity index is 2.12. The molecule has 0 bridgehead atoms. The summed E-state index contributed by atoms with van der Waals surface area (Å²) in [6.07, 6.45) is 4.06. The van der Waals surface area contributed by atoms with Crippen molar-refractivity contribution in [2.45, 2.75) is 53.1 Å². The van der Waals surface area contributed by atoms with Crippen LogP contribution in [0.5, 0.6) is 0 Å². The third-order valence-electron chi connectivity index (χ3n) is 2.53. The summed E-state index contributed by atoms with van der Waals surface area (Å²) in [5, 5.41) is 4.55. The summed E-state index contributed by atoms with van der Waals surface area (Å²) in [7, 11) is 0. The van der Waals surface area contributed by atoms with Crippen LogP contribution in [0.4, 0.5) is 0 Å². The Kier molecular flexibility index (Phi) is 5.56. The third kappa shape index (κ3) is 6.76. The van der Waals surface area contributed by atoms with Gasteiger partial charge >= 0.3 is 0 Å². The summed E-state index contributed by atoms with van der Waals surface area (Å²) in [5.41, 5.74) is 6.42. The van der Waals surface area contributed by atoms with Crippen LogP contribution in [0.2, 0.25) is 0 Å². The van der Waals surface area contributed by atoms with Gasteiger partial charge in [-0.15, -0.1) is 11.3 Å². The smallest absolute Gasteiger partial charge is 0.0897 e. The maximum absolute atomic E-state index is 6.09. The number of hydrogen-bond acceptors (Lipinski definition) is 4. The van der Waals surface area contributed by atoms with Crippen LogP contribution in [-0.4, -0.2) is 17.6 Å². The van der Waals surface area contributed by atoms with E-state index < -0.39 is 0 Å². The van der Waals surface area contributed by atoms with Crippen molar-refractivity contribution in [2.24, 2.45) is 11.1 Å². The molecule has 0 aliphatic rings. The Labute approximate surface area is 109 Å². The highest BCUT2D eigenvalue weighted by atomic mass is 32.1. The molecule has 17 heavy (non-hydrogen) atoms. The first kappa shape index (κ1) is 14.6. The average molecular weight is 255 g/mol. The number of nitrogens with zero attached hydrogens (tertiary/aromatic N) is 1. The molecule has 1 aromatic heterocycles. The van der Waals surface area contributed by atoms with Crippen LogP contribution in [0.15, 0.2) is 6.20 Å². The van der Waals surface area contributed by atoms with Crippen molar-refractivity contribution in [3.8, 4) is 0 Å². The summed E-state index contributed by atoms with van der Waals surface area (Å²) in [4.78, 5) is 5.53. The summed E-state index contributed by atoms with van der Waals surface area (Å²) < 4.78 is 0. The lowest BCUT2D eigenvalue weighted by atomic mass is 9.87. The molecule has 0 aliphatic heterocycles. The van der Waals surface area contributed by atoms with Gasteiger partial charge in [0.15, 0.2) is 0 Å². The lowest BCUT2D eigenvalue weighted by Gasteiger charge is -2.23. The number of hydrogen-bond donors (Lipinski definition) is 2. The molecule has 1 unspecified atom stereocenters. The molecular formula is C13H25N3S. The van der Waals surface area contributed by atoms with Gasteiger partial charge in [0, 0.05) is 23.7 Å². The number of nitrogens with two attached hydrogens (primary N) is 1. The van der Waals surface area contributed by atoms with Crippen molar-refractivity contribution < 1.29 is 0 Å². The predicted octanol–water partition coefficient (Wildman–Crippen LogP) is 2.69. The largest absolute Gasteiger partial charge is 0.328 e. The molecule has 0 saturated heterocycles. The van der Waals surface area contributed by atoms with Crippen LogP contribution in [0.1, 0.15) is 43.5 Å². The molecule has 1 aromatic rings. The van der Waals surface area contributed by atoms with Crippen molar-refractivity contribution in [1.82, 2.24) is 10.3 Å². The molecule has 0 radical (unpaired) electrons. The standard InChI is InChI=1S/C13H25N3S/c1-10-16-9-12(17-10)8-15-6-5-11(14)7-13(2,3)4/h9,11,15H,5-8,14H2,1-4H3. The Hall–Kier alpha value is -0.450. The third-order valence-corrected chi connectivity index (χ3v) is 3.45. The lowest BCUT2D eigenvalue weighted by Crippen LogP contribution is -2.30. The molecule has 1 heterocycles. The van der Waals surface area contributed by atoms with E-state index in [0.29, 0.717) is 11.5 Å². The monoisotopic (exact) mass is 255 g/mol. The summed E-state index contributed by atoms with van der Waals surface area (Å²) >= 11 is 1.75. The van der Waals surface area contributed by atoms with E-state index in [2.05, 4.69) is 31.1 Å². The quantitative estimate of drug-likeness (QED) is 0.768. The van der Waals surface area contributed by atoms with Crippen LogP contribution in [0, 0.1) is 12.3 Å². The number of aryl methyl sites for hydroxylation is 1. The Morgan fingerprint density at radius 2 is 2.18 bits per heavy atom. The van der Waals surface area contributed by atoms with E-state index in [9.17, 15) is 0 Å². The maximum atomic E-state index is 6.09. The molecular weight excluding hydrogens is 230 g/mol. The molecule has 0 fully saturated rings. The van der Waals surface area contributed by atoms with Crippen LogP contribution in [0.3, 0.4) is 0 Å². The van der Waals surface area contributed by atoms with E-state index in [4.69, 9.17) is 5.73 Å². The highest BCUT2D eigenvalue weighted by Gasteiger charge is 2.14. The number of thiazole rings is 1. The van der Waals surface area contributed by atoms with Crippen molar-refractivity contribution in [2.75, 3.05) is 6.54 Å². The van der Waals surface area contributed by atoms with Crippen LogP contribution >= 0.6 is 11.3 Å². The number of nitrogens with one attached hydrogen (secondary N) is 1. The van der Waals surface area contributed by atoms with E-state index in [1.54, 1.807) is 11.3 Å². The first-order valence-corrected chi connectivity index (χ1v) is 7.06. The van der Waals surface area contributed by atoms with Gasteiger partial charge in [-0.2, -0.15) is 0 Å². The average Bonchev–Trinajstić information content (AvgIpc) is 2.56. The van der Waals surface area contributed by atoms with Gasteiger partial charge in [0.25, 0.3) is 0 Å².